The molecule has 0 aliphatic carbocycles. The zero-order valence-electron chi connectivity index (χ0n) is 12.5. The Labute approximate surface area is 130 Å². The van der Waals surface area contributed by atoms with E-state index in [0.29, 0.717) is 10.8 Å². The summed E-state index contributed by atoms with van der Waals surface area (Å²) in [5.41, 5.74) is 0.530. The number of ether oxygens (including phenoxy) is 1. The van der Waals surface area contributed by atoms with E-state index in [4.69, 9.17) is 16.3 Å². The van der Waals surface area contributed by atoms with Gasteiger partial charge in [0.2, 0.25) is 0 Å². The maximum Gasteiger partial charge on any atom is 0.151 e. The summed E-state index contributed by atoms with van der Waals surface area (Å²) < 4.78 is 6.00. The van der Waals surface area contributed by atoms with Crippen LogP contribution < -0.4 is 4.74 Å². The molecule has 1 aromatic carbocycles. The van der Waals surface area contributed by atoms with Gasteiger partial charge >= 0.3 is 0 Å². The predicted octanol–water partition coefficient (Wildman–Crippen LogP) is 4.26. The first-order valence-corrected chi connectivity index (χ1v) is 7.26. The second kappa shape index (κ2) is 6.46. The van der Waals surface area contributed by atoms with E-state index in [2.05, 4.69) is 4.98 Å². The molecule has 2 rings (SSSR count). The van der Waals surface area contributed by atoms with Gasteiger partial charge in [-0.2, -0.15) is 0 Å². The number of pyridine rings is 1. The van der Waals surface area contributed by atoms with Gasteiger partial charge in [-0.3, -0.25) is 4.98 Å². The van der Waals surface area contributed by atoms with Crippen LogP contribution in [0.3, 0.4) is 0 Å². The summed E-state index contributed by atoms with van der Waals surface area (Å²) in [7, 11) is 0. The highest BCUT2D eigenvalue weighted by atomic mass is 35.5. The Kier molecular flexibility index (Phi) is 4.86. The summed E-state index contributed by atoms with van der Waals surface area (Å²) in [6.07, 6.45) is 2.26. The molecule has 1 heterocycles. The van der Waals surface area contributed by atoms with Crippen LogP contribution in [-0.4, -0.2) is 16.2 Å². The molecule has 0 saturated heterocycles. The molecule has 2 unspecified atom stereocenters. The average Bonchev–Trinajstić information content (AvgIpc) is 2.46. The van der Waals surface area contributed by atoms with E-state index >= 15 is 0 Å². The number of halogens is 1. The normalized spacial score (nSPS) is 14.5. The van der Waals surface area contributed by atoms with E-state index in [1.807, 2.05) is 32.9 Å². The van der Waals surface area contributed by atoms with E-state index < -0.39 is 12.2 Å². The van der Waals surface area contributed by atoms with E-state index in [1.165, 1.54) is 0 Å². The molecule has 2 aromatic rings. The molecule has 112 valence electrons. The van der Waals surface area contributed by atoms with Crippen LogP contribution in [0.5, 0.6) is 5.75 Å². The lowest BCUT2D eigenvalue weighted by Gasteiger charge is -2.33. The van der Waals surface area contributed by atoms with Gasteiger partial charge in [-0.05, 0) is 35.7 Å². The fraction of sp³-hybridized carbons (Fsp3) is 0.353. The predicted molar refractivity (Wildman–Crippen MR) is 84.5 cm³/mol. The lowest BCUT2D eigenvalue weighted by Crippen LogP contribution is -2.35. The summed E-state index contributed by atoms with van der Waals surface area (Å²) in [4.78, 5) is 4.11. The molecular weight excluding hydrogens is 286 g/mol. The monoisotopic (exact) mass is 305 g/mol. The minimum Gasteiger partial charge on any atom is -0.483 e. The summed E-state index contributed by atoms with van der Waals surface area (Å²) in [5.74, 6) is 0.663. The number of rotatable bonds is 4. The Morgan fingerprint density at radius 2 is 1.81 bits per heavy atom. The van der Waals surface area contributed by atoms with Gasteiger partial charge in [-0.15, -0.1) is 0 Å². The second-order valence-electron chi connectivity index (χ2n) is 6.09. The van der Waals surface area contributed by atoms with Crippen molar-refractivity contribution in [2.75, 3.05) is 0 Å². The molecule has 3 nitrogen and oxygen atoms in total. The molecule has 0 radical (unpaired) electrons. The minimum atomic E-state index is -0.669. The summed E-state index contributed by atoms with van der Waals surface area (Å²) >= 11 is 5.89. The molecule has 1 aromatic heterocycles. The molecule has 1 N–H and O–H groups in total. The fourth-order valence-corrected chi connectivity index (χ4v) is 2.10. The number of aliphatic hydroxyl groups is 1. The van der Waals surface area contributed by atoms with Crippen LogP contribution in [0, 0.1) is 5.41 Å². The van der Waals surface area contributed by atoms with E-state index in [9.17, 15) is 5.11 Å². The largest absolute Gasteiger partial charge is 0.483 e. The average molecular weight is 306 g/mol. The van der Waals surface area contributed by atoms with Crippen molar-refractivity contribution in [1.29, 1.82) is 0 Å². The Bertz CT molecular complexity index is 564. The molecule has 0 aliphatic heterocycles. The van der Waals surface area contributed by atoms with Gasteiger partial charge in [0, 0.05) is 23.0 Å². The molecule has 0 aliphatic rings. The van der Waals surface area contributed by atoms with Crippen LogP contribution in [0.1, 0.15) is 32.4 Å². The Morgan fingerprint density at radius 3 is 2.33 bits per heavy atom. The highest BCUT2D eigenvalue weighted by Crippen LogP contribution is 2.33. The highest BCUT2D eigenvalue weighted by Gasteiger charge is 2.33. The van der Waals surface area contributed by atoms with Crippen molar-refractivity contribution < 1.29 is 9.84 Å². The first kappa shape index (κ1) is 15.8. The van der Waals surface area contributed by atoms with Gasteiger partial charge in [-0.1, -0.05) is 38.4 Å². The van der Waals surface area contributed by atoms with Crippen molar-refractivity contribution in [2.24, 2.45) is 5.41 Å². The van der Waals surface area contributed by atoms with Gasteiger partial charge in [0.05, 0.1) is 6.10 Å². The Morgan fingerprint density at radius 1 is 1.14 bits per heavy atom. The maximum atomic E-state index is 10.6. The second-order valence-corrected chi connectivity index (χ2v) is 6.53. The first-order chi connectivity index (χ1) is 9.88. The molecule has 0 amide bonds. The third-order valence-corrected chi connectivity index (χ3v) is 3.52. The third-order valence-electron chi connectivity index (χ3n) is 3.26. The number of benzene rings is 1. The Hall–Kier alpha value is -1.58. The lowest BCUT2D eigenvalue weighted by atomic mass is 9.84. The molecule has 0 fully saturated rings. The van der Waals surface area contributed by atoms with Crippen LogP contribution in [0.25, 0.3) is 0 Å². The van der Waals surface area contributed by atoms with Crippen LogP contribution >= 0.6 is 11.6 Å². The SMILES string of the molecule is CC(C)(C)C(O)C(Oc1ccc(Cl)cc1)c1cccnc1. The molecular formula is C17H20ClNO2. The number of hydrogen-bond acceptors (Lipinski definition) is 3. The van der Waals surface area contributed by atoms with Gasteiger partial charge in [0.15, 0.2) is 6.10 Å². The Balaban J connectivity index is 2.30. The molecule has 0 saturated carbocycles. The van der Waals surface area contributed by atoms with Crippen molar-refractivity contribution in [1.82, 2.24) is 4.98 Å². The molecule has 0 bridgehead atoms. The van der Waals surface area contributed by atoms with Crippen molar-refractivity contribution in [2.45, 2.75) is 33.0 Å². The first-order valence-electron chi connectivity index (χ1n) is 6.88. The lowest BCUT2D eigenvalue weighted by molar-refractivity contribution is -0.0333. The van der Waals surface area contributed by atoms with Crippen molar-refractivity contribution >= 4 is 11.6 Å². The van der Waals surface area contributed by atoms with Gasteiger partial charge in [0.1, 0.15) is 5.75 Å². The summed E-state index contributed by atoms with van der Waals surface area (Å²) in [6.45, 7) is 5.94. The fourth-order valence-electron chi connectivity index (χ4n) is 1.97. The van der Waals surface area contributed by atoms with Gasteiger partial charge < -0.3 is 9.84 Å². The number of nitrogens with zero attached hydrogens (tertiary/aromatic N) is 1. The van der Waals surface area contributed by atoms with E-state index in [1.54, 1.807) is 36.7 Å². The van der Waals surface area contributed by atoms with Crippen LogP contribution in [0.4, 0.5) is 0 Å². The number of aliphatic hydroxyl groups excluding tert-OH is 1. The van der Waals surface area contributed by atoms with Crippen molar-refractivity contribution in [3.8, 4) is 5.75 Å². The smallest absolute Gasteiger partial charge is 0.151 e. The van der Waals surface area contributed by atoms with Crippen LogP contribution in [0.15, 0.2) is 48.8 Å². The zero-order valence-corrected chi connectivity index (χ0v) is 13.2. The highest BCUT2D eigenvalue weighted by molar-refractivity contribution is 6.30. The third kappa shape index (κ3) is 4.19. The van der Waals surface area contributed by atoms with Gasteiger partial charge in [-0.25, -0.2) is 0 Å². The number of hydrogen-bond donors (Lipinski definition) is 1. The van der Waals surface area contributed by atoms with Crippen molar-refractivity contribution in [3.63, 3.8) is 0 Å². The zero-order chi connectivity index (χ0) is 15.5. The van der Waals surface area contributed by atoms with Crippen LogP contribution in [0.2, 0.25) is 5.02 Å². The van der Waals surface area contributed by atoms with E-state index in [0.717, 1.165) is 5.56 Å². The molecule has 2 atom stereocenters. The summed E-state index contributed by atoms with van der Waals surface area (Å²) in [6, 6.07) is 10.9. The standard InChI is InChI=1S/C17H20ClNO2/c1-17(2,3)16(20)15(12-5-4-10-19-11-12)21-14-8-6-13(18)7-9-14/h4-11,15-16,20H,1-3H3. The molecule has 0 spiro atoms. The maximum absolute atomic E-state index is 10.6. The quantitative estimate of drug-likeness (QED) is 0.917. The topological polar surface area (TPSA) is 42.4 Å². The number of aromatic nitrogens is 1. The van der Waals surface area contributed by atoms with Crippen molar-refractivity contribution in [3.05, 3.63) is 59.4 Å². The minimum absolute atomic E-state index is 0.313. The molecule has 21 heavy (non-hydrogen) atoms. The van der Waals surface area contributed by atoms with Gasteiger partial charge in [0.25, 0.3) is 0 Å². The van der Waals surface area contributed by atoms with E-state index in [-0.39, 0.29) is 5.41 Å². The summed E-state index contributed by atoms with van der Waals surface area (Å²) in [5, 5.41) is 11.3. The molecule has 4 heteroatoms. The van der Waals surface area contributed by atoms with Crippen LogP contribution in [-0.2, 0) is 0 Å².